The van der Waals surface area contributed by atoms with Crippen LogP contribution in [0.5, 0.6) is 11.5 Å². The van der Waals surface area contributed by atoms with E-state index in [-0.39, 0.29) is 13.2 Å². The van der Waals surface area contributed by atoms with E-state index < -0.39 is 18.0 Å². The van der Waals surface area contributed by atoms with Crippen molar-refractivity contribution in [3.63, 3.8) is 0 Å². The molecule has 0 fully saturated rings. The highest BCUT2D eigenvalue weighted by atomic mass is 16.7. The average molecular weight is 341 g/mol. The fourth-order valence-electron chi connectivity index (χ4n) is 2.38. The number of ether oxygens (including phenoxy) is 3. The number of benzene rings is 2. The van der Waals surface area contributed by atoms with Crippen LogP contribution < -0.4 is 14.8 Å². The van der Waals surface area contributed by atoms with E-state index in [2.05, 4.69) is 5.32 Å². The summed E-state index contributed by atoms with van der Waals surface area (Å²) in [5, 5.41) is 2.70. The summed E-state index contributed by atoms with van der Waals surface area (Å²) in [6.07, 6.45) is -0.773. The molecule has 25 heavy (non-hydrogen) atoms. The van der Waals surface area contributed by atoms with Gasteiger partial charge in [-0.2, -0.15) is 0 Å². The zero-order chi connectivity index (χ0) is 17.8. The Balaban J connectivity index is 1.53. The second kappa shape index (κ2) is 7.25. The van der Waals surface area contributed by atoms with Crippen LogP contribution in [0.4, 0.5) is 5.69 Å². The highest BCUT2D eigenvalue weighted by Gasteiger charge is 2.20. The quantitative estimate of drug-likeness (QED) is 0.847. The van der Waals surface area contributed by atoms with Crippen molar-refractivity contribution in [2.45, 2.75) is 26.4 Å². The molecule has 0 radical (unpaired) electrons. The Morgan fingerprint density at radius 1 is 1.12 bits per heavy atom. The van der Waals surface area contributed by atoms with E-state index in [4.69, 9.17) is 14.2 Å². The van der Waals surface area contributed by atoms with Crippen LogP contribution in [0.1, 0.15) is 18.1 Å². The van der Waals surface area contributed by atoms with Gasteiger partial charge in [-0.25, -0.2) is 0 Å². The van der Waals surface area contributed by atoms with Gasteiger partial charge in [0.2, 0.25) is 6.79 Å². The first-order chi connectivity index (χ1) is 12.0. The molecule has 1 heterocycles. The van der Waals surface area contributed by atoms with Gasteiger partial charge in [0.05, 0.1) is 6.42 Å². The molecule has 1 amide bonds. The standard InChI is InChI=1S/C19H19NO5/c1-12-3-5-14(6-4-12)9-18(21)25-13(2)19(22)20-15-7-8-16-17(10-15)24-11-23-16/h3-8,10,13H,9,11H2,1-2H3,(H,20,22)/t13-/m1/s1. The van der Waals surface area contributed by atoms with Crippen molar-refractivity contribution < 1.29 is 23.8 Å². The van der Waals surface area contributed by atoms with Gasteiger partial charge in [-0.1, -0.05) is 29.8 Å². The number of carbonyl (C=O) groups excluding carboxylic acids is 2. The largest absolute Gasteiger partial charge is 0.454 e. The molecule has 2 aromatic rings. The van der Waals surface area contributed by atoms with Crippen LogP contribution in [0.2, 0.25) is 0 Å². The van der Waals surface area contributed by atoms with Gasteiger partial charge in [0, 0.05) is 11.8 Å². The van der Waals surface area contributed by atoms with Crippen molar-refractivity contribution >= 4 is 17.6 Å². The molecule has 1 aliphatic heterocycles. The summed E-state index contributed by atoms with van der Waals surface area (Å²) in [5.74, 6) is 0.353. The third-order valence-corrected chi connectivity index (χ3v) is 3.79. The molecule has 1 atom stereocenters. The number of hydrogen-bond acceptors (Lipinski definition) is 5. The van der Waals surface area contributed by atoms with Crippen molar-refractivity contribution in [2.24, 2.45) is 0 Å². The number of hydrogen-bond donors (Lipinski definition) is 1. The lowest BCUT2D eigenvalue weighted by Gasteiger charge is -2.14. The minimum absolute atomic E-state index is 0.127. The zero-order valence-electron chi connectivity index (χ0n) is 14.1. The minimum Gasteiger partial charge on any atom is -0.454 e. The van der Waals surface area contributed by atoms with E-state index in [1.165, 1.54) is 6.92 Å². The minimum atomic E-state index is -0.900. The maximum absolute atomic E-state index is 12.2. The van der Waals surface area contributed by atoms with Crippen LogP contribution in [0.15, 0.2) is 42.5 Å². The van der Waals surface area contributed by atoms with E-state index in [0.717, 1.165) is 11.1 Å². The van der Waals surface area contributed by atoms with Gasteiger partial charge in [-0.05, 0) is 31.5 Å². The molecular formula is C19H19NO5. The van der Waals surface area contributed by atoms with Crippen LogP contribution in [-0.4, -0.2) is 24.8 Å². The number of esters is 1. The molecule has 0 spiro atoms. The molecule has 6 nitrogen and oxygen atoms in total. The SMILES string of the molecule is Cc1ccc(CC(=O)O[C@H](C)C(=O)Nc2ccc3c(c2)OCO3)cc1. The molecule has 6 heteroatoms. The van der Waals surface area contributed by atoms with Gasteiger partial charge in [0.15, 0.2) is 17.6 Å². The van der Waals surface area contributed by atoms with Gasteiger partial charge in [0.1, 0.15) is 0 Å². The fraction of sp³-hybridized carbons (Fsp3) is 0.263. The van der Waals surface area contributed by atoms with E-state index in [0.29, 0.717) is 17.2 Å². The van der Waals surface area contributed by atoms with Gasteiger partial charge in [-0.3, -0.25) is 9.59 Å². The van der Waals surface area contributed by atoms with Crippen LogP contribution in [0, 0.1) is 6.92 Å². The van der Waals surface area contributed by atoms with Crippen LogP contribution >= 0.6 is 0 Å². The fourth-order valence-corrected chi connectivity index (χ4v) is 2.38. The number of nitrogens with one attached hydrogen (secondary N) is 1. The van der Waals surface area contributed by atoms with Crippen molar-refractivity contribution in [3.05, 3.63) is 53.6 Å². The highest BCUT2D eigenvalue weighted by molar-refractivity contribution is 5.95. The van der Waals surface area contributed by atoms with Gasteiger partial charge < -0.3 is 19.5 Å². The van der Waals surface area contributed by atoms with Crippen molar-refractivity contribution in [3.8, 4) is 11.5 Å². The van der Waals surface area contributed by atoms with Gasteiger partial charge >= 0.3 is 5.97 Å². The molecule has 2 aromatic carbocycles. The van der Waals surface area contributed by atoms with Crippen LogP contribution in [0.3, 0.4) is 0 Å². The Bertz CT molecular complexity index is 785. The smallest absolute Gasteiger partial charge is 0.311 e. The third kappa shape index (κ3) is 4.29. The predicted molar refractivity (Wildman–Crippen MR) is 91.6 cm³/mol. The first-order valence-corrected chi connectivity index (χ1v) is 7.97. The maximum Gasteiger partial charge on any atom is 0.311 e. The maximum atomic E-state index is 12.2. The molecule has 1 N–H and O–H groups in total. The van der Waals surface area contributed by atoms with Crippen LogP contribution in [-0.2, 0) is 20.7 Å². The van der Waals surface area contributed by atoms with Crippen molar-refractivity contribution in [2.75, 3.05) is 12.1 Å². The highest BCUT2D eigenvalue weighted by Crippen LogP contribution is 2.34. The molecule has 0 saturated heterocycles. The Labute approximate surface area is 145 Å². The molecule has 0 aromatic heterocycles. The second-order valence-corrected chi connectivity index (χ2v) is 5.85. The van der Waals surface area contributed by atoms with E-state index in [1.807, 2.05) is 31.2 Å². The summed E-state index contributed by atoms with van der Waals surface area (Å²) < 4.78 is 15.7. The summed E-state index contributed by atoms with van der Waals surface area (Å²) in [4.78, 5) is 24.2. The molecule has 0 unspecified atom stereocenters. The Kier molecular flexibility index (Phi) is 4.88. The summed E-state index contributed by atoms with van der Waals surface area (Å²) in [7, 11) is 0. The third-order valence-electron chi connectivity index (χ3n) is 3.79. The lowest BCUT2D eigenvalue weighted by molar-refractivity contribution is -0.152. The predicted octanol–water partition coefficient (Wildman–Crippen LogP) is 2.84. The second-order valence-electron chi connectivity index (χ2n) is 5.85. The summed E-state index contributed by atoms with van der Waals surface area (Å²) in [5.41, 5.74) is 2.52. The first kappa shape index (κ1) is 16.8. The summed E-state index contributed by atoms with van der Waals surface area (Å²) in [6.45, 7) is 3.68. The molecule has 0 saturated carbocycles. The summed E-state index contributed by atoms with van der Waals surface area (Å²) >= 11 is 0. The van der Waals surface area contributed by atoms with Gasteiger partial charge in [0.25, 0.3) is 5.91 Å². The zero-order valence-corrected chi connectivity index (χ0v) is 14.1. The van der Waals surface area contributed by atoms with E-state index >= 15 is 0 Å². The molecule has 0 bridgehead atoms. The van der Waals surface area contributed by atoms with Gasteiger partial charge in [-0.15, -0.1) is 0 Å². The number of anilines is 1. The molecule has 3 rings (SSSR count). The molecule has 1 aliphatic rings. The lowest BCUT2D eigenvalue weighted by atomic mass is 10.1. The molecular weight excluding hydrogens is 322 g/mol. The van der Waals surface area contributed by atoms with E-state index in [9.17, 15) is 9.59 Å². The Morgan fingerprint density at radius 3 is 2.60 bits per heavy atom. The van der Waals surface area contributed by atoms with E-state index in [1.54, 1.807) is 18.2 Å². The molecule has 0 aliphatic carbocycles. The molecule has 130 valence electrons. The Hall–Kier alpha value is -3.02. The normalized spacial score (nSPS) is 13.2. The number of fused-ring (bicyclic) bond motifs is 1. The Morgan fingerprint density at radius 2 is 1.84 bits per heavy atom. The number of rotatable bonds is 5. The first-order valence-electron chi connectivity index (χ1n) is 7.97. The van der Waals surface area contributed by atoms with Crippen molar-refractivity contribution in [1.29, 1.82) is 0 Å². The average Bonchev–Trinajstić information content (AvgIpc) is 3.04. The van der Waals surface area contributed by atoms with Crippen molar-refractivity contribution in [1.82, 2.24) is 0 Å². The topological polar surface area (TPSA) is 73.9 Å². The van der Waals surface area contributed by atoms with Crippen LogP contribution in [0.25, 0.3) is 0 Å². The monoisotopic (exact) mass is 341 g/mol. The lowest BCUT2D eigenvalue weighted by Crippen LogP contribution is -2.30. The number of carbonyl (C=O) groups is 2. The summed E-state index contributed by atoms with van der Waals surface area (Å²) in [6, 6.07) is 12.7. The number of aryl methyl sites for hydroxylation is 1. The number of amides is 1.